The second-order valence-electron chi connectivity index (χ2n) is 4.22. The largest absolute Gasteiger partial charge is 0.483 e. The molecule has 2 N–H and O–H groups in total. The van der Waals surface area contributed by atoms with E-state index in [1.807, 2.05) is 0 Å². The van der Waals surface area contributed by atoms with E-state index in [1.165, 1.54) is 6.26 Å². The van der Waals surface area contributed by atoms with E-state index in [-0.39, 0.29) is 12.1 Å². The van der Waals surface area contributed by atoms with E-state index in [1.54, 1.807) is 23.1 Å². The molecule has 3 heterocycles. The Morgan fingerprint density at radius 1 is 1.50 bits per heavy atom. The first-order valence-corrected chi connectivity index (χ1v) is 5.73. The molecule has 1 saturated heterocycles. The smallest absolute Gasteiger partial charge is 0.157 e. The molecule has 3 rings (SSSR count). The lowest BCUT2D eigenvalue weighted by Crippen LogP contribution is -2.37. The number of aromatic nitrogens is 3. The standard InChI is InChI=1S/C11H14N4O3/c12-10-6-16-7-11(10)18-9-3-13-15(5-9)4-8-1-2-17-14-8/h1-3,5,10-11H,4,6-7,12H2/t10-,11+/m0/s1. The van der Waals surface area contributed by atoms with Crippen LogP contribution in [0, 0.1) is 0 Å². The number of hydrogen-bond donors (Lipinski definition) is 1. The molecule has 7 nitrogen and oxygen atoms in total. The van der Waals surface area contributed by atoms with Gasteiger partial charge in [-0.25, -0.2) is 0 Å². The average molecular weight is 250 g/mol. The van der Waals surface area contributed by atoms with Gasteiger partial charge in [0.05, 0.1) is 38.2 Å². The molecule has 0 aliphatic carbocycles. The fourth-order valence-electron chi connectivity index (χ4n) is 1.82. The summed E-state index contributed by atoms with van der Waals surface area (Å²) >= 11 is 0. The summed E-state index contributed by atoms with van der Waals surface area (Å²) in [5.41, 5.74) is 6.65. The topological polar surface area (TPSA) is 88.3 Å². The van der Waals surface area contributed by atoms with Gasteiger partial charge in [-0.15, -0.1) is 0 Å². The molecular weight excluding hydrogens is 236 g/mol. The molecule has 0 spiro atoms. The Morgan fingerprint density at radius 3 is 3.17 bits per heavy atom. The van der Waals surface area contributed by atoms with Crippen LogP contribution in [0.1, 0.15) is 5.69 Å². The Hall–Kier alpha value is -1.86. The van der Waals surface area contributed by atoms with Gasteiger partial charge in [-0.3, -0.25) is 4.68 Å². The lowest BCUT2D eigenvalue weighted by Gasteiger charge is -2.13. The van der Waals surface area contributed by atoms with Gasteiger partial charge in [-0.1, -0.05) is 5.16 Å². The van der Waals surface area contributed by atoms with Gasteiger partial charge in [0.1, 0.15) is 18.1 Å². The second-order valence-corrected chi connectivity index (χ2v) is 4.22. The molecule has 0 aromatic carbocycles. The lowest BCUT2D eigenvalue weighted by molar-refractivity contribution is 0.140. The SMILES string of the molecule is N[C@H]1COC[C@H]1Oc1cnn(Cc2ccon2)c1. The van der Waals surface area contributed by atoms with Gasteiger partial charge in [-0.2, -0.15) is 5.10 Å². The third-order valence-electron chi connectivity index (χ3n) is 2.78. The maximum atomic E-state index is 5.84. The van der Waals surface area contributed by atoms with Crippen LogP contribution in [0.4, 0.5) is 0 Å². The zero-order chi connectivity index (χ0) is 12.4. The molecule has 0 amide bonds. The molecule has 2 aromatic heterocycles. The van der Waals surface area contributed by atoms with Crippen molar-refractivity contribution < 1.29 is 14.0 Å². The molecule has 0 saturated carbocycles. The zero-order valence-electron chi connectivity index (χ0n) is 9.73. The first kappa shape index (κ1) is 11.2. The summed E-state index contributed by atoms with van der Waals surface area (Å²) in [5, 5.41) is 8.01. The number of hydrogen-bond acceptors (Lipinski definition) is 6. The van der Waals surface area contributed by atoms with Crippen molar-refractivity contribution in [1.29, 1.82) is 0 Å². The van der Waals surface area contributed by atoms with Crippen LogP contribution in [0.3, 0.4) is 0 Å². The van der Waals surface area contributed by atoms with E-state index in [0.29, 0.717) is 25.5 Å². The van der Waals surface area contributed by atoms with Crippen molar-refractivity contribution in [3.05, 3.63) is 30.4 Å². The summed E-state index contributed by atoms with van der Waals surface area (Å²) in [6, 6.07) is 1.71. The minimum atomic E-state index is -0.102. The third kappa shape index (κ3) is 2.36. The van der Waals surface area contributed by atoms with Crippen LogP contribution in [-0.2, 0) is 11.3 Å². The molecule has 1 fully saturated rings. The second kappa shape index (κ2) is 4.79. The summed E-state index contributed by atoms with van der Waals surface area (Å²) in [4.78, 5) is 0. The molecule has 0 radical (unpaired) electrons. The van der Waals surface area contributed by atoms with Crippen molar-refractivity contribution >= 4 is 0 Å². The van der Waals surface area contributed by atoms with Crippen molar-refractivity contribution in [3.8, 4) is 5.75 Å². The van der Waals surface area contributed by atoms with Crippen molar-refractivity contribution in [3.63, 3.8) is 0 Å². The third-order valence-corrected chi connectivity index (χ3v) is 2.78. The molecule has 1 aliphatic rings. The van der Waals surface area contributed by atoms with Gasteiger partial charge in [0.15, 0.2) is 5.75 Å². The molecule has 0 unspecified atom stereocenters. The number of rotatable bonds is 4. The monoisotopic (exact) mass is 250 g/mol. The van der Waals surface area contributed by atoms with Gasteiger partial charge >= 0.3 is 0 Å². The maximum absolute atomic E-state index is 5.84. The van der Waals surface area contributed by atoms with Crippen LogP contribution < -0.4 is 10.5 Å². The van der Waals surface area contributed by atoms with E-state index >= 15 is 0 Å². The van der Waals surface area contributed by atoms with Gasteiger partial charge < -0.3 is 19.7 Å². The Balaban J connectivity index is 1.62. The highest BCUT2D eigenvalue weighted by molar-refractivity contribution is 5.14. The van der Waals surface area contributed by atoms with E-state index in [2.05, 4.69) is 10.3 Å². The zero-order valence-corrected chi connectivity index (χ0v) is 9.73. The number of ether oxygens (including phenoxy) is 2. The normalized spacial score (nSPS) is 23.4. The molecule has 7 heteroatoms. The first-order valence-electron chi connectivity index (χ1n) is 5.73. The van der Waals surface area contributed by atoms with Crippen LogP contribution in [0.2, 0.25) is 0 Å². The molecule has 18 heavy (non-hydrogen) atoms. The van der Waals surface area contributed by atoms with Crippen LogP contribution in [0.5, 0.6) is 5.75 Å². The van der Waals surface area contributed by atoms with Crippen molar-refractivity contribution in [1.82, 2.24) is 14.9 Å². The fraction of sp³-hybridized carbons (Fsp3) is 0.455. The van der Waals surface area contributed by atoms with Crippen LogP contribution >= 0.6 is 0 Å². The quantitative estimate of drug-likeness (QED) is 0.823. The highest BCUT2D eigenvalue weighted by atomic mass is 16.5. The first-order chi connectivity index (χ1) is 8.81. The highest BCUT2D eigenvalue weighted by Gasteiger charge is 2.26. The molecule has 0 bridgehead atoms. The predicted octanol–water partition coefficient (Wildman–Crippen LogP) is 0.0243. The van der Waals surface area contributed by atoms with E-state index < -0.39 is 0 Å². The summed E-state index contributed by atoms with van der Waals surface area (Å²) < 4.78 is 17.4. The summed E-state index contributed by atoms with van der Waals surface area (Å²) in [7, 11) is 0. The summed E-state index contributed by atoms with van der Waals surface area (Å²) in [6.07, 6.45) is 4.89. The lowest BCUT2D eigenvalue weighted by atomic mass is 10.2. The molecule has 96 valence electrons. The van der Waals surface area contributed by atoms with Gasteiger partial charge in [0.25, 0.3) is 0 Å². The van der Waals surface area contributed by atoms with Gasteiger partial charge in [0.2, 0.25) is 0 Å². The van der Waals surface area contributed by atoms with Crippen LogP contribution in [0.15, 0.2) is 29.2 Å². The summed E-state index contributed by atoms with van der Waals surface area (Å²) in [6.45, 7) is 1.61. The van der Waals surface area contributed by atoms with Crippen molar-refractivity contribution in [2.75, 3.05) is 13.2 Å². The fourth-order valence-corrected chi connectivity index (χ4v) is 1.82. The van der Waals surface area contributed by atoms with Crippen molar-refractivity contribution in [2.45, 2.75) is 18.7 Å². The van der Waals surface area contributed by atoms with E-state index in [0.717, 1.165) is 5.69 Å². The van der Waals surface area contributed by atoms with Crippen LogP contribution in [0.25, 0.3) is 0 Å². The van der Waals surface area contributed by atoms with E-state index in [4.69, 9.17) is 19.7 Å². The minimum absolute atomic E-state index is 0.0797. The average Bonchev–Trinajstić information content (AvgIpc) is 3.06. The van der Waals surface area contributed by atoms with Crippen LogP contribution in [-0.4, -0.2) is 40.3 Å². The molecular formula is C11H14N4O3. The number of nitrogens with zero attached hydrogens (tertiary/aromatic N) is 3. The Bertz CT molecular complexity index is 496. The molecule has 1 aliphatic heterocycles. The Labute approximate surface area is 103 Å². The van der Waals surface area contributed by atoms with Crippen molar-refractivity contribution in [2.24, 2.45) is 5.73 Å². The van der Waals surface area contributed by atoms with Gasteiger partial charge in [0, 0.05) is 6.07 Å². The van der Waals surface area contributed by atoms with E-state index in [9.17, 15) is 0 Å². The van der Waals surface area contributed by atoms with Gasteiger partial charge in [-0.05, 0) is 0 Å². The predicted molar refractivity (Wildman–Crippen MR) is 61.0 cm³/mol. The Kier molecular flexibility index (Phi) is 2.99. The maximum Gasteiger partial charge on any atom is 0.157 e. The Morgan fingerprint density at radius 2 is 2.44 bits per heavy atom. The summed E-state index contributed by atoms with van der Waals surface area (Å²) in [5.74, 6) is 0.685. The number of nitrogens with two attached hydrogens (primary N) is 1. The molecule has 2 atom stereocenters. The molecule has 2 aromatic rings. The highest BCUT2D eigenvalue weighted by Crippen LogP contribution is 2.15. The minimum Gasteiger partial charge on any atom is -0.483 e.